The maximum absolute atomic E-state index is 6.25. The van der Waals surface area contributed by atoms with Crippen molar-refractivity contribution in [1.29, 1.82) is 5.26 Å². The van der Waals surface area contributed by atoms with Crippen LogP contribution in [0.2, 0.25) is 0 Å². The van der Waals surface area contributed by atoms with Crippen molar-refractivity contribution in [3.05, 3.63) is 90.7 Å². The van der Waals surface area contributed by atoms with E-state index in [1.165, 1.54) is 39.2 Å². The van der Waals surface area contributed by atoms with Crippen LogP contribution in [0, 0.1) is 31.2 Å². The van der Waals surface area contributed by atoms with Gasteiger partial charge in [0, 0.05) is 5.70 Å². The topological polar surface area (TPSA) is 36.8 Å². The van der Waals surface area contributed by atoms with Crippen LogP contribution in [-0.2, 0) is 21.1 Å². The second-order valence-electron chi connectivity index (χ2n) is 10.9. The molecule has 2 aromatic carbocycles. The van der Waals surface area contributed by atoms with Crippen molar-refractivity contribution in [3.63, 3.8) is 0 Å². The van der Waals surface area contributed by atoms with Crippen LogP contribution in [-0.4, -0.2) is 23.9 Å². The molecule has 204 valence electrons. The Labute approximate surface area is 245 Å². The first-order valence-corrected chi connectivity index (χ1v) is 13.0. The first kappa shape index (κ1) is 31.5. The smallest absolute Gasteiger partial charge is 0.512 e. The summed E-state index contributed by atoms with van der Waals surface area (Å²) in [7, 11) is 4.16. The van der Waals surface area contributed by atoms with Crippen LogP contribution in [0.5, 0.6) is 0 Å². The summed E-state index contributed by atoms with van der Waals surface area (Å²) in [4.78, 5) is 8.67. The fraction of sp³-hybridized carbons (Fsp3) is 0.406. The third kappa shape index (κ3) is 6.29. The van der Waals surface area contributed by atoms with Gasteiger partial charge in [0.05, 0.1) is 0 Å². The van der Waals surface area contributed by atoms with Gasteiger partial charge in [0.15, 0.2) is 0 Å². The van der Waals surface area contributed by atoms with E-state index in [2.05, 4.69) is 145 Å². The van der Waals surface area contributed by atoms with E-state index in [1.807, 2.05) is 0 Å². The van der Waals surface area contributed by atoms with Crippen molar-refractivity contribution in [2.24, 2.45) is 0 Å². The molecule has 2 aliphatic heterocycles. The van der Waals surface area contributed by atoms with E-state index >= 15 is 0 Å². The quantitative estimate of drug-likeness (QED) is 0.287. The summed E-state index contributed by atoms with van der Waals surface area (Å²) in [6.07, 6.45) is 4.17. The molecule has 2 heterocycles. The summed E-state index contributed by atoms with van der Waals surface area (Å²) in [5.74, 6) is 1.35. The zero-order valence-corrected chi connectivity index (χ0v) is 26.7. The number of nitrogens with zero attached hydrogens (tertiary/aromatic N) is 5. The van der Waals surface area contributed by atoms with Gasteiger partial charge in [0.1, 0.15) is 0 Å². The number of rotatable bonds is 6. The number of hydrogen-bond acceptors (Lipinski definition) is 5. The summed E-state index contributed by atoms with van der Waals surface area (Å²) >= 11 is 0. The van der Waals surface area contributed by atoms with Crippen LogP contribution < -0.4 is 9.80 Å². The average molecular weight is 691 g/mol. The first-order chi connectivity index (χ1) is 17.5. The largest absolute Gasteiger partial charge is 4.00 e. The molecule has 2 aliphatic rings. The van der Waals surface area contributed by atoms with Gasteiger partial charge >= 0.3 is 21.1 Å². The molecule has 0 aliphatic carbocycles. The van der Waals surface area contributed by atoms with Crippen molar-refractivity contribution < 1.29 is 21.1 Å². The van der Waals surface area contributed by atoms with Gasteiger partial charge in [-0.25, -0.2) is 0 Å². The molecule has 5 nitrogen and oxygen atoms in total. The number of benzene rings is 2. The number of allylic oxidation sites excluding steroid dienone is 2. The van der Waals surface area contributed by atoms with Gasteiger partial charge in [-0.15, -0.1) is 35.1 Å². The standard InChI is InChI=1S/C31H41N4.CN.Pt/c1-20(2)25-15-29(21(3)4)31(30(16-25)22(5)6)26-13-27(34-12-11-32(9)18-34)17-28(14-26)35-19-33(10)23(7)24(35)8;1-2;/h11-16,18-22H,1-10H3;;/q-3;-1;+4. The van der Waals surface area contributed by atoms with E-state index in [4.69, 9.17) is 11.8 Å². The fourth-order valence-corrected chi connectivity index (χ4v) is 4.85. The third-order valence-corrected chi connectivity index (χ3v) is 7.27. The van der Waals surface area contributed by atoms with Crippen molar-refractivity contribution in [2.45, 2.75) is 73.1 Å². The molecule has 0 spiro atoms. The predicted molar refractivity (Wildman–Crippen MR) is 155 cm³/mol. The van der Waals surface area contributed by atoms with Crippen molar-refractivity contribution in [1.82, 2.24) is 9.80 Å². The molecule has 0 saturated carbocycles. The summed E-state index contributed by atoms with van der Waals surface area (Å²) in [5.41, 5.74) is 11.5. The third-order valence-electron chi connectivity index (χ3n) is 7.27. The molecule has 4 rings (SSSR count). The molecule has 0 N–H and O–H groups in total. The van der Waals surface area contributed by atoms with Gasteiger partial charge < -0.3 is 31.4 Å². The molecule has 0 radical (unpaired) electrons. The van der Waals surface area contributed by atoms with E-state index in [9.17, 15) is 0 Å². The van der Waals surface area contributed by atoms with E-state index in [0.717, 1.165) is 11.4 Å². The molecule has 0 bridgehead atoms. The van der Waals surface area contributed by atoms with Crippen molar-refractivity contribution >= 4 is 11.4 Å². The first-order valence-electron chi connectivity index (χ1n) is 13.0. The molecule has 0 saturated heterocycles. The monoisotopic (exact) mass is 690 g/mol. The van der Waals surface area contributed by atoms with Crippen molar-refractivity contribution in [3.8, 4) is 11.1 Å². The van der Waals surface area contributed by atoms with Gasteiger partial charge in [0.25, 0.3) is 0 Å². The van der Waals surface area contributed by atoms with E-state index < -0.39 is 0 Å². The fourth-order valence-electron chi connectivity index (χ4n) is 4.85. The second-order valence-corrected chi connectivity index (χ2v) is 10.9. The SMILES string of the molecule is CC1=C(C)N(c2[c-]c(N3C=CN(C)[CH-]3)cc(-c3c(C(C)C)cc(C(C)C)cc3C(C)C)c2)[CH-]N1C.[C-]#N.[Pt+4]. The summed E-state index contributed by atoms with van der Waals surface area (Å²) in [6.45, 7) is 27.2. The number of anilines is 2. The summed E-state index contributed by atoms with van der Waals surface area (Å²) in [5, 5.41) is 6.25. The van der Waals surface area contributed by atoms with Crippen molar-refractivity contribution in [2.75, 3.05) is 23.9 Å². The average Bonchev–Trinajstić information content (AvgIpc) is 3.42. The molecule has 0 amide bonds. The predicted octanol–water partition coefficient (Wildman–Crippen LogP) is 8.08. The van der Waals surface area contributed by atoms with Gasteiger partial charge in [-0.05, 0) is 86.0 Å². The Morgan fingerprint density at radius 1 is 0.763 bits per heavy atom. The Bertz CT molecular complexity index is 1180. The Morgan fingerprint density at radius 3 is 1.74 bits per heavy atom. The minimum absolute atomic E-state index is 0. The Balaban J connectivity index is 0.00000165. The van der Waals surface area contributed by atoms with Crippen LogP contribution in [0.1, 0.15) is 89.8 Å². The number of hydrogen-bond donors (Lipinski definition) is 0. The van der Waals surface area contributed by atoms with Gasteiger partial charge in [0.2, 0.25) is 0 Å². The zero-order valence-electron chi connectivity index (χ0n) is 24.4. The Morgan fingerprint density at radius 2 is 1.32 bits per heavy atom. The Hall–Kier alpha value is -2.70. The molecule has 0 unspecified atom stereocenters. The molecule has 38 heavy (non-hydrogen) atoms. The molecule has 0 fully saturated rings. The van der Waals surface area contributed by atoms with Gasteiger partial charge in [-0.1, -0.05) is 53.7 Å². The normalized spacial score (nSPS) is 15.1. The zero-order chi connectivity index (χ0) is 27.6. The molecule has 0 atom stereocenters. The summed E-state index contributed by atoms with van der Waals surface area (Å²) < 4.78 is 0. The molecule has 0 aromatic heterocycles. The van der Waals surface area contributed by atoms with Crippen LogP contribution in [0.15, 0.2) is 48.1 Å². The minimum Gasteiger partial charge on any atom is -0.512 e. The molecular weight excluding hydrogens is 649 g/mol. The van der Waals surface area contributed by atoms with Crippen LogP contribution >= 0.6 is 0 Å². The minimum atomic E-state index is 0. The maximum atomic E-state index is 6.25. The van der Waals surface area contributed by atoms with Crippen LogP contribution in [0.4, 0.5) is 11.4 Å². The molecule has 6 heteroatoms. The van der Waals surface area contributed by atoms with E-state index in [-0.39, 0.29) is 21.1 Å². The van der Waals surface area contributed by atoms with Crippen LogP contribution in [0.25, 0.3) is 11.1 Å². The van der Waals surface area contributed by atoms with E-state index in [1.54, 1.807) is 0 Å². The molecule has 2 aromatic rings. The molecular formula is C32H41N5Pt. The van der Waals surface area contributed by atoms with E-state index in [0.29, 0.717) is 17.8 Å². The summed E-state index contributed by atoms with van der Waals surface area (Å²) in [6, 6.07) is 13.2. The van der Waals surface area contributed by atoms with Crippen LogP contribution in [0.3, 0.4) is 0 Å². The maximum Gasteiger partial charge on any atom is 4.00 e. The second kappa shape index (κ2) is 12.9. The van der Waals surface area contributed by atoms with Gasteiger partial charge in [-0.2, -0.15) is 13.3 Å². The Kier molecular flexibility index (Phi) is 10.7. The van der Waals surface area contributed by atoms with Gasteiger partial charge in [-0.3, -0.25) is 0 Å².